The molecule has 3 rings (SSSR count). The van der Waals surface area contributed by atoms with Crippen LogP contribution in [0, 0.1) is 17.6 Å². The number of rotatable bonds is 7. The molecule has 0 bridgehead atoms. The number of hydrogen-bond acceptors (Lipinski definition) is 3. The molecule has 8 heteroatoms. The minimum atomic E-state index is -0.603. The zero-order valence-corrected chi connectivity index (χ0v) is 18.3. The predicted molar refractivity (Wildman–Crippen MR) is 125 cm³/mol. The number of benzene rings is 3. The molecule has 5 nitrogen and oxygen atoms in total. The molecule has 3 aromatic carbocycles. The molecule has 0 saturated carbocycles. The zero-order valence-electron chi connectivity index (χ0n) is 17.4. The van der Waals surface area contributed by atoms with Gasteiger partial charge in [0.05, 0.1) is 11.3 Å². The Kier molecular flexibility index (Phi) is 7.83. The first kappa shape index (κ1) is 23.3. The van der Waals surface area contributed by atoms with Gasteiger partial charge in [-0.15, -0.1) is 0 Å². The molecule has 32 heavy (non-hydrogen) atoms. The quantitative estimate of drug-likeness (QED) is 0.415. The molecule has 1 unspecified atom stereocenters. The third-order valence-electron chi connectivity index (χ3n) is 4.78. The highest BCUT2D eigenvalue weighted by Crippen LogP contribution is 2.21. The highest BCUT2D eigenvalue weighted by molar-refractivity contribution is 7.82. The highest BCUT2D eigenvalue weighted by Gasteiger charge is 2.15. The molecule has 0 saturated heterocycles. The van der Waals surface area contributed by atoms with E-state index in [4.69, 9.17) is 0 Å². The first-order valence-corrected chi connectivity index (χ1v) is 10.4. The predicted octanol–water partition coefficient (Wildman–Crippen LogP) is 5.46. The van der Waals surface area contributed by atoms with E-state index in [-0.39, 0.29) is 17.3 Å². The van der Waals surface area contributed by atoms with Crippen molar-refractivity contribution in [3.8, 4) is 0 Å². The van der Waals surface area contributed by atoms with Gasteiger partial charge in [0.1, 0.15) is 11.6 Å². The molecule has 3 aromatic rings. The Labute approximate surface area is 191 Å². The van der Waals surface area contributed by atoms with Crippen LogP contribution in [0.4, 0.5) is 25.0 Å². The van der Waals surface area contributed by atoms with Crippen molar-refractivity contribution >= 4 is 36.1 Å². The number of hydrogen-bond donors (Lipinski definition) is 3. The summed E-state index contributed by atoms with van der Waals surface area (Å²) in [6.07, 6.45) is 0.698. The summed E-state index contributed by atoms with van der Waals surface area (Å²) in [6, 6.07) is 18.0. The van der Waals surface area contributed by atoms with E-state index in [1.54, 1.807) is 42.5 Å². The van der Waals surface area contributed by atoms with Gasteiger partial charge in [-0.3, -0.25) is 4.79 Å². The summed E-state index contributed by atoms with van der Waals surface area (Å²) in [7, 11) is 0. The third kappa shape index (κ3) is 6.31. The first-order valence-electron chi connectivity index (χ1n) is 10.0. The van der Waals surface area contributed by atoms with E-state index >= 15 is 0 Å². The van der Waals surface area contributed by atoms with E-state index in [1.165, 1.54) is 30.3 Å². The van der Waals surface area contributed by atoms with Crippen LogP contribution in [-0.4, -0.2) is 18.5 Å². The van der Waals surface area contributed by atoms with Crippen molar-refractivity contribution in [1.29, 1.82) is 0 Å². The standard InChI is InChI=1S/C24H23F2N3O2S/c1-16(14-17-6-8-18(25)9-7-17)15-27-24(31)29(32)20-12-10-19(11-13-20)28-23(30)21-4-2-3-5-22(21)26/h2-13,16,32H,14-15H2,1H3,(H,27,31)(H,28,30). The lowest BCUT2D eigenvalue weighted by Crippen LogP contribution is -2.37. The maximum atomic E-state index is 13.7. The number of nitrogens with zero attached hydrogens (tertiary/aromatic N) is 1. The molecule has 0 heterocycles. The van der Waals surface area contributed by atoms with E-state index in [0.29, 0.717) is 24.3 Å². The van der Waals surface area contributed by atoms with Crippen molar-refractivity contribution in [1.82, 2.24) is 5.32 Å². The average Bonchev–Trinajstić information content (AvgIpc) is 2.79. The van der Waals surface area contributed by atoms with Crippen LogP contribution in [0.3, 0.4) is 0 Å². The number of carbonyl (C=O) groups is 2. The summed E-state index contributed by atoms with van der Waals surface area (Å²) in [5, 5.41) is 5.43. The van der Waals surface area contributed by atoms with Gasteiger partial charge in [-0.25, -0.2) is 17.9 Å². The maximum absolute atomic E-state index is 13.7. The number of amides is 3. The molecule has 0 aliphatic rings. The average molecular weight is 456 g/mol. The Morgan fingerprint density at radius 2 is 1.62 bits per heavy atom. The molecule has 0 radical (unpaired) electrons. The smallest absolute Gasteiger partial charge is 0.331 e. The monoisotopic (exact) mass is 455 g/mol. The van der Waals surface area contributed by atoms with Crippen molar-refractivity contribution in [2.24, 2.45) is 5.92 Å². The number of nitrogens with one attached hydrogen (secondary N) is 2. The SMILES string of the molecule is CC(CNC(=O)N(S)c1ccc(NC(=O)c2ccccc2F)cc1)Cc1ccc(F)cc1. The normalized spacial score (nSPS) is 11.5. The van der Waals surface area contributed by atoms with E-state index in [1.807, 2.05) is 6.92 Å². The van der Waals surface area contributed by atoms with Gasteiger partial charge >= 0.3 is 6.03 Å². The Balaban J connectivity index is 1.51. The second-order valence-corrected chi connectivity index (χ2v) is 7.81. The second-order valence-electron chi connectivity index (χ2n) is 7.41. The molecule has 2 N–H and O–H groups in total. The van der Waals surface area contributed by atoms with Crippen LogP contribution >= 0.6 is 12.8 Å². The van der Waals surface area contributed by atoms with Crippen molar-refractivity contribution in [3.05, 3.63) is 95.6 Å². The number of thiol groups is 1. The Morgan fingerprint density at radius 3 is 2.28 bits per heavy atom. The molecule has 0 aliphatic carbocycles. The molecule has 0 aliphatic heterocycles. The molecule has 0 spiro atoms. The Hall–Kier alpha value is -3.39. The minimum Gasteiger partial charge on any atom is -0.337 e. The van der Waals surface area contributed by atoms with Crippen LogP contribution in [-0.2, 0) is 6.42 Å². The van der Waals surface area contributed by atoms with Crippen LogP contribution in [0.2, 0.25) is 0 Å². The highest BCUT2D eigenvalue weighted by atomic mass is 32.1. The van der Waals surface area contributed by atoms with E-state index in [2.05, 4.69) is 23.4 Å². The molecule has 1 atom stereocenters. The fraction of sp³-hybridized carbons (Fsp3) is 0.167. The summed E-state index contributed by atoms with van der Waals surface area (Å²) in [6.45, 7) is 2.41. The Bertz CT molecular complexity index is 1080. The topological polar surface area (TPSA) is 61.4 Å². The van der Waals surface area contributed by atoms with Crippen molar-refractivity contribution < 1.29 is 18.4 Å². The second kappa shape index (κ2) is 10.8. The summed E-state index contributed by atoms with van der Waals surface area (Å²) in [5.74, 6) is -1.31. The largest absolute Gasteiger partial charge is 0.337 e. The number of halogens is 2. The van der Waals surface area contributed by atoms with Crippen LogP contribution < -0.4 is 14.9 Å². The van der Waals surface area contributed by atoms with Crippen molar-refractivity contribution in [2.75, 3.05) is 16.2 Å². The summed E-state index contributed by atoms with van der Waals surface area (Å²) in [4.78, 5) is 24.6. The molecule has 0 fully saturated rings. The zero-order chi connectivity index (χ0) is 23.1. The van der Waals surface area contributed by atoms with Crippen LogP contribution in [0.25, 0.3) is 0 Å². The maximum Gasteiger partial charge on any atom is 0.331 e. The van der Waals surface area contributed by atoms with Crippen LogP contribution in [0.15, 0.2) is 72.8 Å². The first-order chi connectivity index (χ1) is 15.3. The Morgan fingerprint density at radius 1 is 0.969 bits per heavy atom. The molecule has 3 amide bonds. The minimum absolute atomic E-state index is 0.0541. The third-order valence-corrected chi connectivity index (χ3v) is 5.19. The molecule has 166 valence electrons. The number of anilines is 2. The van der Waals surface area contributed by atoms with Crippen molar-refractivity contribution in [2.45, 2.75) is 13.3 Å². The molecule has 0 aromatic heterocycles. The van der Waals surface area contributed by atoms with E-state index in [9.17, 15) is 18.4 Å². The van der Waals surface area contributed by atoms with Gasteiger partial charge in [0.25, 0.3) is 5.91 Å². The van der Waals surface area contributed by atoms with Gasteiger partial charge in [-0.1, -0.05) is 44.0 Å². The molecular formula is C24H23F2N3O2S. The van der Waals surface area contributed by atoms with Gasteiger partial charge in [0.2, 0.25) is 0 Å². The van der Waals surface area contributed by atoms with Gasteiger partial charge in [0, 0.05) is 12.2 Å². The summed E-state index contributed by atoms with van der Waals surface area (Å²) < 4.78 is 27.9. The van der Waals surface area contributed by atoms with Gasteiger partial charge in [-0.2, -0.15) is 0 Å². The van der Waals surface area contributed by atoms with Gasteiger partial charge in [0.15, 0.2) is 0 Å². The lowest BCUT2D eigenvalue weighted by Gasteiger charge is -2.19. The lowest BCUT2D eigenvalue weighted by molar-refractivity contribution is 0.102. The molecular weight excluding hydrogens is 432 g/mol. The van der Waals surface area contributed by atoms with Crippen LogP contribution in [0.1, 0.15) is 22.8 Å². The fourth-order valence-corrected chi connectivity index (χ4v) is 3.28. The number of urea groups is 1. The van der Waals surface area contributed by atoms with Crippen molar-refractivity contribution in [3.63, 3.8) is 0 Å². The van der Waals surface area contributed by atoms with Gasteiger partial charge < -0.3 is 10.6 Å². The van der Waals surface area contributed by atoms with Crippen LogP contribution in [0.5, 0.6) is 0 Å². The van der Waals surface area contributed by atoms with E-state index < -0.39 is 17.8 Å². The summed E-state index contributed by atoms with van der Waals surface area (Å²) >= 11 is 4.24. The summed E-state index contributed by atoms with van der Waals surface area (Å²) in [5.41, 5.74) is 1.89. The number of carbonyl (C=O) groups excluding carboxylic acids is 2. The van der Waals surface area contributed by atoms with Gasteiger partial charge in [-0.05, 0) is 66.4 Å². The fourth-order valence-electron chi connectivity index (χ4n) is 3.08. The van der Waals surface area contributed by atoms with E-state index in [0.717, 1.165) is 9.87 Å². The lowest BCUT2D eigenvalue weighted by atomic mass is 10.0.